The first kappa shape index (κ1) is 19.5. The summed E-state index contributed by atoms with van der Waals surface area (Å²) in [5.41, 5.74) is 6.45. The number of pyridine rings is 1. The zero-order chi connectivity index (χ0) is 21.8. The molecule has 4 heterocycles. The summed E-state index contributed by atoms with van der Waals surface area (Å²) in [6, 6.07) is 17.7. The van der Waals surface area contributed by atoms with Gasteiger partial charge in [0.25, 0.3) is 0 Å². The van der Waals surface area contributed by atoms with Gasteiger partial charge in [-0.05, 0) is 60.9 Å². The number of benzene rings is 2. The number of halogens is 1. The van der Waals surface area contributed by atoms with Gasteiger partial charge in [-0.1, -0.05) is 6.07 Å². The lowest BCUT2D eigenvalue weighted by Gasteiger charge is -2.43. The van der Waals surface area contributed by atoms with Crippen LogP contribution in [0.15, 0.2) is 48.7 Å². The Hall–Kier alpha value is -3.17. The van der Waals surface area contributed by atoms with Gasteiger partial charge in [-0.3, -0.25) is 9.88 Å². The Balaban J connectivity index is 1.33. The number of aromatic nitrogens is 1. The summed E-state index contributed by atoms with van der Waals surface area (Å²) in [5.74, 6) is 0. The van der Waals surface area contributed by atoms with Crippen molar-refractivity contribution in [3.05, 3.63) is 65.4 Å². The van der Waals surface area contributed by atoms with E-state index in [9.17, 15) is 9.65 Å². The Morgan fingerprint density at radius 3 is 2.81 bits per heavy atom. The van der Waals surface area contributed by atoms with E-state index in [2.05, 4.69) is 63.0 Å². The molecule has 6 rings (SSSR count). The fourth-order valence-corrected chi connectivity index (χ4v) is 5.78. The molecule has 0 spiro atoms. The molecule has 3 aliphatic rings. The third-order valence-corrected chi connectivity index (χ3v) is 7.39. The molecule has 3 unspecified atom stereocenters. The Kier molecular flexibility index (Phi) is 4.55. The monoisotopic (exact) mass is 427 g/mol. The summed E-state index contributed by atoms with van der Waals surface area (Å²) in [7, 11) is 0. The number of nitrogens with zero attached hydrogens (tertiary/aromatic N) is 5. The minimum Gasteiger partial charge on any atom is -0.369 e. The van der Waals surface area contributed by atoms with Crippen LogP contribution in [0.2, 0.25) is 0 Å². The minimum absolute atomic E-state index is 0.331. The topological polar surface area (TPSA) is 46.4 Å². The average molecular weight is 428 g/mol. The van der Waals surface area contributed by atoms with Gasteiger partial charge in [0.2, 0.25) is 0 Å². The molecule has 6 heteroatoms. The SMILES string of the molecule is CC1CN(c2ccc(C#N)c3ncccc23)CC2c3ccc(N4CCC(F)C4)cc3CN12. The highest BCUT2D eigenvalue weighted by molar-refractivity contribution is 5.95. The van der Waals surface area contributed by atoms with Crippen LogP contribution in [0.25, 0.3) is 10.9 Å². The van der Waals surface area contributed by atoms with Crippen LogP contribution in [0.5, 0.6) is 0 Å². The van der Waals surface area contributed by atoms with Crippen LogP contribution in [0.1, 0.15) is 36.1 Å². The van der Waals surface area contributed by atoms with Crippen molar-refractivity contribution in [1.82, 2.24) is 9.88 Å². The van der Waals surface area contributed by atoms with Gasteiger partial charge >= 0.3 is 0 Å². The molecule has 3 aliphatic heterocycles. The molecule has 2 aromatic carbocycles. The van der Waals surface area contributed by atoms with Gasteiger partial charge in [-0.2, -0.15) is 5.26 Å². The van der Waals surface area contributed by atoms with Gasteiger partial charge in [0.1, 0.15) is 12.2 Å². The normalized spacial score (nSPS) is 25.1. The van der Waals surface area contributed by atoms with Crippen LogP contribution >= 0.6 is 0 Å². The molecule has 0 radical (unpaired) electrons. The lowest BCUT2D eigenvalue weighted by atomic mass is 9.99. The minimum atomic E-state index is -0.708. The number of hydrogen-bond donors (Lipinski definition) is 0. The molecule has 0 saturated carbocycles. The van der Waals surface area contributed by atoms with E-state index in [0.717, 1.165) is 48.5 Å². The zero-order valence-electron chi connectivity index (χ0n) is 18.2. The molecule has 0 amide bonds. The van der Waals surface area contributed by atoms with E-state index < -0.39 is 6.17 Å². The molecule has 0 aliphatic carbocycles. The third kappa shape index (κ3) is 3.03. The lowest BCUT2D eigenvalue weighted by Crippen LogP contribution is -2.51. The largest absolute Gasteiger partial charge is 0.369 e. The Morgan fingerprint density at radius 2 is 2.00 bits per heavy atom. The molecule has 162 valence electrons. The van der Waals surface area contributed by atoms with Crippen LogP contribution in [0.4, 0.5) is 15.8 Å². The van der Waals surface area contributed by atoms with Gasteiger partial charge in [0.15, 0.2) is 0 Å². The van der Waals surface area contributed by atoms with Crippen LogP contribution in [0, 0.1) is 11.3 Å². The van der Waals surface area contributed by atoms with Gasteiger partial charge < -0.3 is 9.80 Å². The maximum absolute atomic E-state index is 13.7. The fourth-order valence-electron chi connectivity index (χ4n) is 5.78. The molecule has 32 heavy (non-hydrogen) atoms. The second kappa shape index (κ2) is 7.46. The van der Waals surface area contributed by atoms with E-state index in [0.29, 0.717) is 30.6 Å². The average Bonchev–Trinajstić information content (AvgIpc) is 3.41. The lowest BCUT2D eigenvalue weighted by molar-refractivity contribution is 0.134. The molecule has 1 aromatic heterocycles. The van der Waals surface area contributed by atoms with Crippen molar-refractivity contribution < 1.29 is 4.39 Å². The molecular weight excluding hydrogens is 401 g/mol. The summed E-state index contributed by atoms with van der Waals surface area (Å²) < 4.78 is 13.7. The predicted octanol–water partition coefficient (Wildman–Crippen LogP) is 4.42. The summed E-state index contributed by atoms with van der Waals surface area (Å²) in [4.78, 5) is 11.7. The Labute approximate surface area is 187 Å². The molecular formula is C26H26FN5. The number of fused-ring (bicyclic) bond motifs is 4. The van der Waals surface area contributed by atoms with Crippen LogP contribution in [0.3, 0.4) is 0 Å². The molecule has 3 atom stereocenters. The highest BCUT2D eigenvalue weighted by Crippen LogP contribution is 2.42. The van der Waals surface area contributed by atoms with E-state index in [1.807, 2.05) is 12.1 Å². The molecule has 3 aromatic rings. The van der Waals surface area contributed by atoms with Crippen molar-refractivity contribution in [3.63, 3.8) is 0 Å². The van der Waals surface area contributed by atoms with Gasteiger partial charge in [0, 0.05) is 61.7 Å². The number of piperazine rings is 1. The predicted molar refractivity (Wildman–Crippen MR) is 125 cm³/mol. The molecule has 2 fully saturated rings. The quantitative estimate of drug-likeness (QED) is 0.606. The number of alkyl halides is 1. The molecule has 0 N–H and O–H groups in total. The first-order valence-corrected chi connectivity index (χ1v) is 11.4. The van der Waals surface area contributed by atoms with Gasteiger partial charge in [0.05, 0.1) is 17.1 Å². The smallest absolute Gasteiger partial charge is 0.119 e. The van der Waals surface area contributed by atoms with E-state index in [-0.39, 0.29) is 0 Å². The van der Waals surface area contributed by atoms with E-state index in [1.54, 1.807) is 6.20 Å². The maximum Gasteiger partial charge on any atom is 0.119 e. The number of anilines is 2. The van der Waals surface area contributed by atoms with Crippen molar-refractivity contribution >= 4 is 22.3 Å². The van der Waals surface area contributed by atoms with Crippen LogP contribution in [-0.4, -0.2) is 48.3 Å². The second-order valence-corrected chi connectivity index (χ2v) is 9.30. The van der Waals surface area contributed by atoms with Gasteiger partial charge in [-0.15, -0.1) is 0 Å². The van der Waals surface area contributed by atoms with Crippen molar-refractivity contribution in [2.24, 2.45) is 0 Å². The Bertz CT molecular complexity index is 1230. The number of rotatable bonds is 2. The van der Waals surface area contributed by atoms with Crippen molar-refractivity contribution in [2.45, 2.75) is 38.1 Å². The summed E-state index contributed by atoms with van der Waals surface area (Å²) in [6.45, 7) is 6.40. The van der Waals surface area contributed by atoms with Gasteiger partial charge in [-0.25, -0.2) is 4.39 Å². The molecule has 5 nitrogen and oxygen atoms in total. The zero-order valence-corrected chi connectivity index (χ0v) is 18.2. The van der Waals surface area contributed by atoms with E-state index in [1.165, 1.54) is 11.1 Å². The van der Waals surface area contributed by atoms with E-state index >= 15 is 0 Å². The van der Waals surface area contributed by atoms with Crippen molar-refractivity contribution in [2.75, 3.05) is 36.0 Å². The second-order valence-electron chi connectivity index (χ2n) is 9.30. The fraction of sp³-hybridized carbons (Fsp3) is 0.385. The first-order valence-electron chi connectivity index (χ1n) is 11.4. The third-order valence-electron chi connectivity index (χ3n) is 7.39. The number of hydrogen-bond acceptors (Lipinski definition) is 5. The highest BCUT2D eigenvalue weighted by Gasteiger charge is 2.39. The Morgan fingerprint density at radius 1 is 1.09 bits per heavy atom. The van der Waals surface area contributed by atoms with Crippen molar-refractivity contribution in [1.29, 1.82) is 5.26 Å². The molecule has 2 saturated heterocycles. The van der Waals surface area contributed by atoms with Crippen LogP contribution in [-0.2, 0) is 6.54 Å². The standard InChI is InChI=1S/C26H26FN5/c1-17-13-31(24-7-4-18(12-28)26-23(24)3-2-9-29-26)16-25-22-6-5-21(11-19(22)14-32(17)25)30-10-8-20(27)15-30/h2-7,9,11,17,20,25H,8,10,13-16H2,1H3. The molecule has 0 bridgehead atoms. The first-order chi connectivity index (χ1) is 15.6. The number of nitriles is 1. The maximum atomic E-state index is 13.7. The van der Waals surface area contributed by atoms with E-state index in [4.69, 9.17) is 0 Å². The summed E-state index contributed by atoms with van der Waals surface area (Å²) in [6.07, 6.45) is 1.68. The summed E-state index contributed by atoms with van der Waals surface area (Å²) in [5, 5.41) is 10.5. The van der Waals surface area contributed by atoms with Crippen molar-refractivity contribution in [3.8, 4) is 6.07 Å². The highest BCUT2D eigenvalue weighted by atomic mass is 19.1. The summed E-state index contributed by atoms with van der Waals surface area (Å²) >= 11 is 0. The van der Waals surface area contributed by atoms with Crippen LogP contribution < -0.4 is 9.80 Å².